The van der Waals surface area contributed by atoms with Crippen molar-refractivity contribution in [1.82, 2.24) is 14.9 Å². The highest BCUT2D eigenvalue weighted by atomic mass is 35.5. The third-order valence-corrected chi connectivity index (χ3v) is 6.99. The lowest BCUT2D eigenvalue weighted by Gasteiger charge is -2.38. The van der Waals surface area contributed by atoms with Gasteiger partial charge in [-0.3, -0.25) is 14.5 Å². The third-order valence-electron chi connectivity index (χ3n) is 6.77. The van der Waals surface area contributed by atoms with Crippen molar-refractivity contribution in [2.24, 2.45) is 5.92 Å². The van der Waals surface area contributed by atoms with Gasteiger partial charge >= 0.3 is 0 Å². The molecule has 10 nitrogen and oxygen atoms in total. The highest BCUT2D eigenvalue weighted by Gasteiger charge is 2.32. The van der Waals surface area contributed by atoms with Gasteiger partial charge in [0, 0.05) is 37.3 Å². The molecule has 0 spiro atoms. The number of hydrogen-bond donors (Lipinski definition) is 2. The van der Waals surface area contributed by atoms with Crippen LogP contribution in [0.25, 0.3) is 11.1 Å². The number of amides is 2. The number of halogens is 1. The second kappa shape index (κ2) is 10.8. The highest BCUT2D eigenvalue weighted by Crippen LogP contribution is 2.34. The molecule has 1 aliphatic heterocycles. The normalized spacial score (nSPS) is 20.7. The number of carbonyl (C=O) groups is 2. The summed E-state index contributed by atoms with van der Waals surface area (Å²) in [6.07, 6.45) is 4.88. The average molecular weight is 514 g/mol. The second-order valence-corrected chi connectivity index (χ2v) is 9.40. The number of nitrogens with one attached hydrogen (secondary N) is 2. The van der Waals surface area contributed by atoms with E-state index in [1.807, 2.05) is 0 Å². The fourth-order valence-corrected chi connectivity index (χ4v) is 4.95. The van der Waals surface area contributed by atoms with Crippen LogP contribution < -0.4 is 15.4 Å². The summed E-state index contributed by atoms with van der Waals surface area (Å²) >= 11 is 5.89. The highest BCUT2D eigenvalue weighted by molar-refractivity contribution is 6.30. The molecule has 3 aromatic heterocycles. The van der Waals surface area contributed by atoms with Crippen LogP contribution >= 0.6 is 11.6 Å². The van der Waals surface area contributed by atoms with E-state index in [9.17, 15) is 9.59 Å². The predicted octanol–water partition coefficient (Wildman–Crippen LogP) is 3.97. The quantitative estimate of drug-likeness (QED) is 0.508. The number of anilines is 2. The Morgan fingerprint density at radius 3 is 2.56 bits per heavy atom. The van der Waals surface area contributed by atoms with Crippen molar-refractivity contribution in [2.75, 3.05) is 44.0 Å². The minimum Gasteiger partial charge on any atom is -0.481 e. The lowest BCUT2D eigenvalue weighted by molar-refractivity contribution is -0.121. The summed E-state index contributed by atoms with van der Waals surface area (Å²) in [5.41, 5.74) is 0.922. The summed E-state index contributed by atoms with van der Waals surface area (Å²) in [4.78, 5) is 37.4. The number of rotatable bonds is 6. The van der Waals surface area contributed by atoms with E-state index in [2.05, 4.69) is 25.5 Å². The van der Waals surface area contributed by atoms with Gasteiger partial charge in [-0.25, -0.2) is 9.97 Å². The molecular formula is C25H28ClN5O5. The molecule has 0 atom stereocenters. The summed E-state index contributed by atoms with van der Waals surface area (Å²) in [6.45, 7) is 3.41. The zero-order valence-electron chi connectivity index (χ0n) is 20.0. The molecule has 5 rings (SSSR count). The lowest BCUT2D eigenvalue weighted by atomic mass is 9.84. The first-order chi connectivity index (χ1) is 17.5. The van der Waals surface area contributed by atoms with Gasteiger partial charge in [0.2, 0.25) is 17.5 Å². The molecule has 2 fully saturated rings. The van der Waals surface area contributed by atoms with Crippen molar-refractivity contribution in [1.29, 1.82) is 0 Å². The van der Waals surface area contributed by atoms with E-state index in [0.717, 1.165) is 52.0 Å². The van der Waals surface area contributed by atoms with Crippen LogP contribution in [0.5, 0.6) is 5.88 Å². The smallest absolute Gasteiger partial charge is 0.294 e. The summed E-state index contributed by atoms with van der Waals surface area (Å²) < 4.78 is 16.5. The van der Waals surface area contributed by atoms with Gasteiger partial charge in [0.05, 0.1) is 25.3 Å². The molecule has 36 heavy (non-hydrogen) atoms. The molecular weight excluding hydrogens is 486 g/mol. The number of hydrogen-bond acceptors (Lipinski definition) is 8. The fraction of sp³-hybridized carbons (Fsp3) is 0.440. The molecule has 1 aliphatic carbocycles. The molecule has 11 heteroatoms. The first kappa shape index (κ1) is 24.5. The molecule has 0 bridgehead atoms. The van der Waals surface area contributed by atoms with Crippen molar-refractivity contribution in [3.05, 3.63) is 41.2 Å². The van der Waals surface area contributed by atoms with Gasteiger partial charge < -0.3 is 24.5 Å². The van der Waals surface area contributed by atoms with Gasteiger partial charge in [-0.2, -0.15) is 0 Å². The summed E-state index contributed by atoms with van der Waals surface area (Å²) in [7, 11) is 1.50. The van der Waals surface area contributed by atoms with Crippen molar-refractivity contribution < 1.29 is 23.5 Å². The summed E-state index contributed by atoms with van der Waals surface area (Å²) in [5.74, 6) is -0.288. The maximum absolute atomic E-state index is 13.3. The number of carbonyl (C=O) groups excluding carboxylic acids is 2. The summed E-state index contributed by atoms with van der Waals surface area (Å²) in [5, 5.41) is 6.07. The van der Waals surface area contributed by atoms with Crippen LogP contribution in [-0.4, -0.2) is 66.1 Å². The van der Waals surface area contributed by atoms with E-state index in [4.69, 9.17) is 25.5 Å². The number of aromatic nitrogens is 2. The zero-order chi connectivity index (χ0) is 25.1. The number of morpholine rings is 1. The zero-order valence-corrected chi connectivity index (χ0v) is 20.7. The third kappa shape index (κ3) is 5.30. The van der Waals surface area contributed by atoms with Gasteiger partial charge in [0.25, 0.3) is 5.91 Å². The van der Waals surface area contributed by atoms with Crippen LogP contribution in [0, 0.1) is 5.92 Å². The minimum absolute atomic E-state index is 0.0575. The molecule has 0 aromatic carbocycles. The van der Waals surface area contributed by atoms with Crippen LogP contribution in [0.2, 0.25) is 5.02 Å². The Bertz CT molecular complexity index is 1230. The number of furan rings is 1. The van der Waals surface area contributed by atoms with Crippen LogP contribution in [-0.2, 0) is 9.53 Å². The molecule has 0 unspecified atom stereocenters. The summed E-state index contributed by atoms with van der Waals surface area (Å²) in [6, 6.07) is 6.96. The van der Waals surface area contributed by atoms with Gasteiger partial charge in [-0.05, 0) is 43.9 Å². The van der Waals surface area contributed by atoms with E-state index in [0.29, 0.717) is 33.9 Å². The minimum atomic E-state index is -0.562. The Labute approximate surface area is 213 Å². The number of ether oxygens (including phenoxy) is 2. The largest absolute Gasteiger partial charge is 0.481 e. The van der Waals surface area contributed by atoms with E-state index in [1.165, 1.54) is 13.3 Å². The van der Waals surface area contributed by atoms with Gasteiger partial charge in [0.1, 0.15) is 17.0 Å². The predicted molar refractivity (Wildman–Crippen MR) is 135 cm³/mol. The Morgan fingerprint density at radius 2 is 1.86 bits per heavy atom. The number of fused-ring (bicyclic) bond motifs is 1. The molecule has 190 valence electrons. The topological polar surface area (TPSA) is 119 Å². The Balaban J connectivity index is 1.34. The van der Waals surface area contributed by atoms with E-state index < -0.39 is 5.91 Å². The molecule has 1 saturated carbocycles. The molecule has 2 aliphatic rings. The number of nitrogens with zero attached hydrogens (tertiary/aromatic N) is 3. The number of pyridine rings is 2. The first-order valence-electron chi connectivity index (χ1n) is 12.0. The molecule has 4 heterocycles. The first-order valence-corrected chi connectivity index (χ1v) is 12.4. The van der Waals surface area contributed by atoms with Crippen LogP contribution in [0.15, 0.2) is 34.9 Å². The number of methoxy groups -OCH3 is 1. The van der Waals surface area contributed by atoms with Crippen molar-refractivity contribution in [3.63, 3.8) is 0 Å². The lowest BCUT2D eigenvalue weighted by Crippen LogP contribution is -2.45. The molecule has 3 aromatic rings. The average Bonchev–Trinajstić information content (AvgIpc) is 3.28. The Hall–Kier alpha value is -3.21. The Morgan fingerprint density at radius 1 is 1.08 bits per heavy atom. The fourth-order valence-electron chi connectivity index (χ4n) is 4.84. The monoisotopic (exact) mass is 513 g/mol. The van der Waals surface area contributed by atoms with Gasteiger partial charge in [-0.15, -0.1) is 0 Å². The van der Waals surface area contributed by atoms with E-state index in [1.54, 1.807) is 24.3 Å². The van der Waals surface area contributed by atoms with Crippen molar-refractivity contribution in [3.8, 4) is 5.88 Å². The molecule has 0 radical (unpaired) electrons. The van der Waals surface area contributed by atoms with Crippen molar-refractivity contribution in [2.45, 2.75) is 31.7 Å². The molecule has 2 amide bonds. The van der Waals surface area contributed by atoms with E-state index in [-0.39, 0.29) is 23.3 Å². The second-order valence-electron chi connectivity index (χ2n) is 8.97. The Kier molecular flexibility index (Phi) is 7.35. The molecule has 2 N–H and O–H groups in total. The molecule has 1 saturated heterocycles. The van der Waals surface area contributed by atoms with Gasteiger partial charge in [0.15, 0.2) is 5.58 Å². The SMILES string of the molecule is COc1ccc2oc(C(=O)Nc3ccc(Cl)cn3)c(NC(=O)C3CCC(N4CCOCC4)CC3)c2n1. The van der Waals surface area contributed by atoms with E-state index >= 15 is 0 Å². The van der Waals surface area contributed by atoms with Crippen LogP contribution in [0.1, 0.15) is 36.2 Å². The standard InChI is InChI=1S/C25H28ClN5O5/c1-34-20-9-7-18-21(29-20)22(23(36-18)25(33)28-19-8-4-16(26)14-27-19)30-24(32)15-2-5-17(6-3-15)31-10-12-35-13-11-31/h4,7-9,14-15,17H,2-3,5-6,10-13H2,1H3,(H,30,32)(H,27,28,33). The van der Waals surface area contributed by atoms with Crippen LogP contribution in [0.4, 0.5) is 11.5 Å². The maximum Gasteiger partial charge on any atom is 0.294 e. The van der Waals surface area contributed by atoms with Crippen molar-refractivity contribution >= 4 is 46.0 Å². The van der Waals surface area contributed by atoms with Gasteiger partial charge in [-0.1, -0.05) is 11.6 Å². The maximum atomic E-state index is 13.3. The van der Waals surface area contributed by atoms with Crippen LogP contribution in [0.3, 0.4) is 0 Å².